The van der Waals surface area contributed by atoms with Crippen molar-refractivity contribution >= 4 is 17.4 Å². The minimum Gasteiger partial charge on any atom is -0.298 e. The number of halogens is 3. The fourth-order valence-electron chi connectivity index (χ4n) is 2.86. The molecule has 0 fully saturated rings. The van der Waals surface area contributed by atoms with E-state index in [9.17, 15) is 13.2 Å². The van der Waals surface area contributed by atoms with Gasteiger partial charge < -0.3 is 0 Å². The van der Waals surface area contributed by atoms with Crippen LogP contribution >= 0.6 is 11.8 Å². The molecule has 0 saturated carbocycles. The average Bonchev–Trinajstić information content (AvgIpc) is 3.07. The predicted octanol–water partition coefficient (Wildman–Crippen LogP) is 5.20. The van der Waals surface area contributed by atoms with Crippen molar-refractivity contribution in [2.45, 2.75) is 11.3 Å². The van der Waals surface area contributed by atoms with Gasteiger partial charge in [0.1, 0.15) is 5.65 Å². The van der Waals surface area contributed by atoms with E-state index in [4.69, 9.17) is 0 Å². The second kappa shape index (κ2) is 6.70. The summed E-state index contributed by atoms with van der Waals surface area (Å²) in [4.78, 5) is 13.2. The Labute approximate surface area is 157 Å². The molecule has 1 aromatic carbocycles. The van der Waals surface area contributed by atoms with E-state index in [1.165, 1.54) is 17.8 Å². The molecule has 0 amide bonds. The molecule has 8 heteroatoms. The smallest absolute Gasteiger partial charge is 0.298 e. The van der Waals surface area contributed by atoms with Crippen LogP contribution < -0.4 is 0 Å². The van der Waals surface area contributed by atoms with Crippen LogP contribution in [0.5, 0.6) is 0 Å². The molecule has 4 nitrogen and oxygen atoms in total. The zero-order chi connectivity index (χ0) is 19.0. The van der Waals surface area contributed by atoms with Crippen molar-refractivity contribution in [3.05, 3.63) is 66.5 Å². The lowest BCUT2D eigenvalue weighted by molar-refractivity contribution is -0.137. The van der Waals surface area contributed by atoms with Crippen LogP contribution in [-0.2, 0) is 6.18 Å². The number of rotatable bonds is 3. The van der Waals surface area contributed by atoms with Crippen molar-refractivity contribution in [2.24, 2.45) is 0 Å². The first kappa shape index (κ1) is 17.5. The summed E-state index contributed by atoms with van der Waals surface area (Å²) in [6, 6.07) is 12.4. The van der Waals surface area contributed by atoms with Crippen LogP contribution in [0, 0.1) is 0 Å². The van der Waals surface area contributed by atoms with E-state index in [1.54, 1.807) is 24.4 Å². The zero-order valence-electron chi connectivity index (χ0n) is 14.1. The van der Waals surface area contributed by atoms with Crippen LogP contribution in [-0.4, -0.2) is 25.6 Å². The molecule has 0 unspecified atom stereocenters. The Balaban J connectivity index is 1.99. The lowest BCUT2D eigenvalue weighted by Gasteiger charge is -2.09. The van der Waals surface area contributed by atoms with E-state index in [-0.39, 0.29) is 0 Å². The third-order valence-corrected chi connectivity index (χ3v) is 4.61. The zero-order valence-corrected chi connectivity index (χ0v) is 14.9. The second-order valence-electron chi connectivity index (χ2n) is 5.74. The fourth-order valence-corrected chi connectivity index (χ4v) is 3.21. The number of imidazole rings is 1. The van der Waals surface area contributed by atoms with Crippen molar-refractivity contribution < 1.29 is 13.2 Å². The van der Waals surface area contributed by atoms with Crippen LogP contribution in [0.25, 0.3) is 28.3 Å². The summed E-state index contributed by atoms with van der Waals surface area (Å²) in [5.74, 6) is 0. The van der Waals surface area contributed by atoms with E-state index >= 15 is 0 Å². The van der Waals surface area contributed by atoms with E-state index < -0.39 is 11.7 Å². The first-order chi connectivity index (χ1) is 13.0. The van der Waals surface area contributed by atoms with Gasteiger partial charge in [-0.25, -0.2) is 15.0 Å². The normalized spacial score (nSPS) is 11.9. The third-order valence-electron chi connectivity index (χ3n) is 4.05. The maximum Gasteiger partial charge on any atom is 0.416 e. The highest BCUT2D eigenvalue weighted by atomic mass is 32.2. The number of nitrogens with zero attached hydrogens (tertiary/aromatic N) is 4. The van der Waals surface area contributed by atoms with Gasteiger partial charge in [0.2, 0.25) is 0 Å². The molecule has 3 heterocycles. The number of benzene rings is 1. The van der Waals surface area contributed by atoms with Crippen molar-refractivity contribution in [1.82, 2.24) is 19.4 Å². The Kier molecular flexibility index (Phi) is 4.35. The molecule has 0 saturated heterocycles. The molecule has 4 aromatic rings. The van der Waals surface area contributed by atoms with Crippen molar-refractivity contribution in [3.8, 4) is 22.6 Å². The molecule has 0 bridgehead atoms. The average molecular weight is 386 g/mol. The summed E-state index contributed by atoms with van der Waals surface area (Å²) in [5.41, 5.74) is 1.97. The van der Waals surface area contributed by atoms with Crippen LogP contribution in [0.3, 0.4) is 0 Å². The fraction of sp³-hybridized carbons (Fsp3) is 0.105. The van der Waals surface area contributed by atoms with Gasteiger partial charge in [0.15, 0.2) is 5.16 Å². The van der Waals surface area contributed by atoms with Gasteiger partial charge >= 0.3 is 6.18 Å². The monoisotopic (exact) mass is 386 g/mol. The van der Waals surface area contributed by atoms with Crippen LogP contribution in [0.1, 0.15) is 5.56 Å². The molecule has 0 spiro atoms. The van der Waals surface area contributed by atoms with Crippen LogP contribution in [0.2, 0.25) is 0 Å². The molecular weight excluding hydrogens is 373 g/mol. The topological polar surface area (TPSA) is 43.1 Å². The summed E-state index contributed by atoms with van der Waals surface area (Å²) in [5, 5.41) is 0.577. The summed E-state index contributed by atoms with van der Waals surface area (Å²) < 4.78 is 41.3. The molecular formula is C19H13F3N4S. The highest BCUT2D eigenvalue weighted by Gasteiger charge is 2.31. The summed E-state index contributed by atoms with van der Waals surface area (Å²) >= 11 is 1.39. The lowest BCUT2D eigenvalue weighted by atomic mass is 10.1. The van der Waals surface area contributed by atoms with Crippen molar-refractivity contribution in [3.63, 3.8) is 0 Å². The van der Waals surface area contributed by atoms with Gasteiger partial charge in [-0.05, 0) is 36.6 Å². The number of hydrogen-bond acceptors (Lipinski definition) is 4. The molecule has 0 radical (unpaired) electrons. The first-order valence-electron chi connectivity index (χ1n) is 7.99. The number of alkyl halides is 3. The molecule has 0 atom stereocenters. The van der Waals surface area contributed by atoms with Gasteiger partial charge in [-0.3, -0.25) is 4.40 Å². The molecule has 4 rings (SSSR count). The predicted molar refractivity (Wildman–Crippen MR) is 98.4 cm³/mol. The Morgan fingerprint density at radius 1 is 1.00 bits per heavy atom. The molecule has 136 valence electrons. The summed E-state index contributed by atoms with van der Waals surface area (Å²) in [7, 11) is 0. The molecule has 0 aliphatic carbocycles. The summed E-state index contributed by atoms with van der Waals surface area (Å²) in [6.45, 7) is 0. The minimum absolute atomic E-state index is 0.382. The number of thioether (sulfide) groups is 1. The van der Waals surface area contributed by atoms with Gasteiger partial charge in [0.25, 0.3) is 0 Å². The SMILES string of the molecule is CSc1nccc(-c2c(-c3cccc(C(F)(F)F)c3)nc3ccccn23)n1. The highest BCUT2D eigenvalue weighted by molar-refractivity contribution is 7.98. The summed E-state index contributed by atoms with van der Waals surface area (Å²) in [6.07, 6.45) is 0.889. The number of aromatic nitrogens is 4. The van der Waals surface area contributed by atoms with E-state index in [1.807, 2.05) is 29.0 Å². The van der Waals surface area contributed by atoms with Crippen LogP contribution in [0.15, 0.2) is 66.1 Å². The quantitative estimate of drug-likeness (QED) is 0.359. The number of hydrogen-bond donors (Lipinski definition) is 0. The molecule has 3 aromatic heterocycles. The van der Waals surface area contributed by atoms with Crippen LogP contribution in [0.4, 0.5) is 13.2 Å². The molecule has 0 N–H and O–H groups in total. The standard InChI is InChI=1S/C19H13F3N4S/c1-27-18-23-9-8-14(24-18)17-16(25-15-7-2-3-10-26(15)17)12-5-4-6-13(11-12)19(20,21)22/h2-11H,1H3. The highest BCUT2D eigenvalue weighted by Crippen LogP contribution is 2.36. The maximum atomic E-state index is 13.2. The Hall–Kier alpha value is -2.87. The molecule has 0 aliphatic heterocycles. The van der Waals surface area contributed by atoms with E-state index in [0.29, 0.717) is 33.4 Å². The van der Waals surface area contributed by atoms with Gasteiger partial charge in [-0.2, -0.15) is 13.2 Å². The van der Waals surface area contributed by atoms with Gasteiger partial charge in [0, 0.05) is 18.0 Å². The first-order valence-corrected chi connectivity index (χ1v) is 9.22. The Bertz CT molecular complexity index is 1120. The van der Waals surface area contributed by atoms with Crippen molar-refractivity contribution in [2.75, 3.05) is 6.26 Å². The van der Waals surface area contributed by atoms with Gasteiger partial charge in [0.05, 0.1) is 22.6 Å². The van der Waals surface area contributed by atoms with Crippen molar-refractivity contribution in [1.29, 1.82) is 0 Å². The van der Waals surface area contributed by atoms with Gasteiger partial charge in [-0.1, -0.05) is 30.0 Å². The number of fused-ring (bicyclic) bond motifs is 1. The molecule has 0 aliphatic rings. The maximum absolute atomic E-state index is 13.2. The second-order valence-corrected chi connectivity index (χ2v) is 6.52. The lowest BCUT2D eigenvalue weighted by Crippen LogP contribution is -2.04. The third kappa shape index (κ3) is 3.28. The molecule has 27 heavy (non-hydrogen) atoms. The number of pyridine rings is 1. The van der Waals surface area contributed by atoms with E-state index in [0.717, 1.165) is 12.1 Å². The van der Waals surface area contributed by atoms with E-state index in [2.05, 4.69) is 15.0 Å². The Morgan fingerprint density at radius 3 is 2.63 bits per heavy atom. The van der Waals surface area contributed by atoms with Gasteiger partial charge in [-0.15, -0.1) is 0 Å². The largest absolute Gasteiger partial charge is 0.416 e. The Morgan fingerprint density at radius 2 is 1.85 bits per heavy atom. The minimum atomic E-state index is -4.42.